The minimum Gasteiger partial charge on any atom is -0.454 e. The van der Waals surface area contributed by atoms with E-state index in [0.717, 1.165) is 40.7 Å². The Morgan fingerprint density at radius 2 is 1.70 bits per heavy atom. The smallest absolute Gasteiger partial charge is 0.231 e. The molecule has 4 nitrogen and oxygen atoms in total. The van der Waals surface area contributed by atoms with Crippen molar-refractivity contribution in [3.05, 3.63) is 23.8 Å². The molecule has 4 bridgehead atoms. The van der Waals surface area contributed by atoms with Crippen molar-refractivity contribution < 1.29 is 14.3 Å². The first-order valence-electron chi connectivity index (χ1n) is 8.92. The number of fused-ring (bicyclic) bond motifs is 1. The zero-order valence-electron chi connectivity index (χ0n) is 13.3. The molecule has 0 radical (unpaired) electrons. The van der Waals surface area contributed by atoms with Gasteiger partial charge in [-0.2, -0.15) is 0 Å². The Hall–Kier alpha value is -1.71. The van der Waals surface area contributed by atoms with Crippen LogP contribution in [-0.4, -0.2) is 18.7 Å². The van der Waals surface area contributed by atoms with Gasteiger partial charge in [0, 0.05) is 6.04 Å². The second-order valence-electron chi connectivity index (χ2n) is 7.89. The fraction of sp³-hybridized carbons (Fsp3) is 0.632. The topological polar surface area (TPSA) is 47.6 Å². The molecule has 0 saturated heterocycles. The molecule has 5 aliphatic rings. The maximum absolute atomic E-state index is 12.5. The molecule has 4 heteroatoms. The zero-order chi connectivity index (χ0) is 15.4. The predicted octanol–water partition coefficient (Wildman–Crippen LogP) is 2.90. The van der Waals surface area contributed by atoms with Crippen LogP contribution in [0.2, 0.25) is 0 Å². The van der Waals surface area contributed by atoms with Crippen LogP contribution in [0.5, 0.6) is 11.5 Å². The maximum Gasteiger partial charge on any atom is 0.231 e. The van der Waals surface area contributed by atoms with E-state index in [-0.39, 0.29) is 12.7 Å². The van der Waals surface area contributed by atoms with Crippen LogP contribution in [0.15, 0.2) is 18.2 Å². The second-order valence-corrected chi connectivity index (χ2v) is 7.89. The van der Waals surface area contributed by atoms with Gasteiger partial charge in [-0.1, -0.05) is 6.07 Å². The number of rotatable bonds is 3. The number of benzene rings is 1. The Labute approximate surface area is 136 Å². The first-order chi connectivity index (χ1) is 11.2. The highest BCUT2D eigenvalue weighted by atomic mass is 16.7. The van der Waals surface area contributed by atoms with Crippen molar-refractivity contribution in [2.24, 2.45) is 23.7 Å². The lowest BCUT2D eigenvalue weighted by atomic mass is 9.54. The number of nitrogens with one attached hydrogen (secondary N) is 1. The van der Waals surface area contributed by atoms with E-state index in [1.54, 1.807) is 0 Å². The molecule has 0 atom stereocenters. The highest BCUT2D eigenvalue weighted by Crippen LogP contribution is 2.53. The Morgan fingerprint density at radius 1 is 1.00 bits per heavy atom. The lowest BCUT2D eigenvalue weighted by molar-refractivity contribution is -0.124. The van der Waals surface area contributed by atoms with Crippen LogP contribution in [0, 0.1) is 23.7 Å². The summed E-state index contributed by atoms with van der Waals surface area (Å²) in [6.07, 6.45) is 7.22. The van der Waals surface area contributed by atoms with Gasteiger partial charge < -0.3 is 14.8 Å². The number of carbonyl (C=O) groups excluding carboxylic acids is 1. The molecular weight excluding hydrogens is 290 g/mol. The summed E-state index contributed by atoms with van der Waals surface area (Å²) >= 11 is 0. The number of hydrogen-bond acceptors (Lipinski definition) is 3. The Balaban J connectivity index is 1.25. The molecule has 1 heterocycles. The standard InChI is InChI=1S/C19H23NO3/c21-18(9-11-1-2-16-17(8-11)23-10-22-16)20-19-14-4-12-3-13(6-14)7-15(19)5-12/h1-2,8,12-15,19H,3-7,9-10H2,(H,20,21). The Morgan fingerprint density at radius 3 is 2.43 bits per heavy atom. The summed E-state index contributed by atoms with van der Waals surface area (Å²) in [7, 11) is 0. The number of ether oxygens (including phenoxy) is 2. The molecule has 1 aliphatic heterocycles. The number of hydrogen-bond donors (Lipinski definition) is 1. The fourth-order valence-electron chi connectivity index (χ4n) is 5.63. The van der Waals surface area contributed by atoms with E-state index < -0.39 is 0 Å². The van der Waals surface area contributed by atoms with Gasteiger partial charge in [-0.3, -0.25) is 4.79 Å². The zero-order valence-corrected chi connectivity index (χ0v) is 13.3. The van der Waals surface area contributed by atoms with E-state index in [1.165, 1.54) is 32.1 Å². The molecular formula is C19H23NO3. The molecule has 23 heavy (non-hydrogen) atoms. The summed E-state index contributed by atoms with van der Waals surface area (Å²) < 4.78 is 10.7. The summed E-state index contributed by atoms with van der Waals surface area (Å²) in [6, 6.07) is 6.21. The minimum atomic E-state index is 0.154. The van der Waals surface area contributed by atoms with E-state index in [4.69, 9.17) is 9.47 Å². The van der Waals surface area contributed by atoms with E-state index in [0.29, 0.717) is 12.5 Å². The van der Waals surface area contributed by atoms with Gasteiger partial charge in [-0.15, -0.1) is 0 Å². The first-order valence-corrected chi connectivity index (χ1v) is 8.92. The molecule has 122 valence electrons. The van der Waals surface area contributed by atoms with E-state index >= 15 is 0 Å². The third-order valence-electron chi connectivity index (χ3n) is 6.36. The van der Waals surface area contributed by atoms with Crippen molar-refractivity contribution in [3.63, 3.8) is 0 Å². The van der Waals surface area contributed by atoms with E-state index in [9.17, 15) is 4.79 Å². The average molecular weight is 313 g/mol. The monoisotopic (exact) mass is 313 g/mol. The lowest BCUT2D eigenvalue weighted by Gasteiger charge is -2.54. The van der Waals surface area contributed by atoms with Crippen molar-refractivity contribution >= 4 is 5.91 Å². The molecule has 4 saturated carbocycles. The molecule has 0 spiro atoms. The molecule has 1 amide bonds. The summed E-state index contributed by atoms with van der Waals surface area (Å²) in [5.41, 5.74) is 0.996. The van der Waals surface area contributed by atoms with Crippen molar-refractivity contribution in [1.29, 1.82) is 0 Å². The van der Waals surface area contributed by atoms with Gasteiger partial charge in [-0.05, 0) is 73.5 Å². The second kappa shape index (κ2) is 5.15. The lowest BCUT2D eigenvalue weighted by Crippen LogP contribution is -2.56. The predicted molar refractivity (Wildman–Crippen MR) is 85.2 cm³/mol. The van der Waals surface area contributed by atoms with Gasteiger partial charge in [0.2, 0.25) is 12.7 Å². The molecule has 1 aromatic carbocycles. The molecule has 0 aromatic heterocycles. The van der Waals surface area contributed by atoms with Crippen LogP contribution in [0.25, 0.3) is 0 Å². The van der Waals surface area contributed by atoms with Gasteiger partial charge in [0.1, 0.15) is 0 Å². The molecule has 6 rings (SSSR count). The van der Waals surface area contributed by atoms with Crippen LogP contribution >= 0.6 is 0 Å². The summed E-state index contributed by atoms with van der Waals surface area (Å²) in [5.74, 6) is 5.03. The quantitative estimate of drug-likeness (QED) is 0.933. The number of amides is 1. The SMILES string of the molecule is O=C(Cc1ccc2c(c1)OCO2)NC1C2CC3CC(C2)CC1C3. The van der Waals surface area contributed by atoms with Crippen molar-refractivity contribution in [2.45, 2.75) is 44.6 Å². The Kier molecular flexibility index (Phi) is 3.07. The van der Waals surface area contributed by atoms with Crippen molar-refractivity contribution in [3.8, 4) is 11.5 Å². The van der Waals surface area contributed by atoms with Crippen molar-refractivity contribution in [2.75, 3.05) is 6.79 Å². The van der Waals surface area contributed by atoms with Crippen LogP contribution < -0.4 is 14.8 Å². The fourth-order valence-corrected chi connectivity index (χ4v) is 5.63. The highest BCUT2D eigenvalue weighted by molar-refractivity contribution is 5.79. The summed E-state index contributed by atoms with van der Waals surface area (Å²) in [4.78, 5) is 12.5. The molecule has 4 fully saturated rings. The first kappa shape index (κ1) is 13.7. The minimum absolute atomic E-state index is 0.154. The molecule has 4 aliphatic carbocycles. The van der Waals surface area contributed by atoms with E-state index in [2.05, 4.69) is 5.32 Å². The highest BCUT2D eigenvalue weighted by Gasteiger charge is 2.48. The summed E-state index contributed by atoms with van der Waals surface area (Å²) in [6.45, 7) is 0.277. The third-order valence-corrected chi connectivity index (χ3v) is 6.36. The van der Waals surface area contributed by atoms with E-state index in [1.807, 2.05) is 18.2 Å². The van der Waals surface area contributed by atoms with Crippen LogP contribution in [0.4, 0.5) is 0 Å². The van der Waals surface area contributed by atoms with Gasteiger partial charge >= 0.3 is 0 Å². The molecule has 1 N–H and O–H groups in total. The normalized spacial score (nSPS) is 36.3. The molecule has 0 unspecified atom stereocenters. The van der Waals surface area contributed by atoms with Gasteiger partial charge in [-0.25, -0.2) is 0 Å². The Bertz CT molecular complexity index is 614. The average Bonchev–Trinajstić information content (AvgIpc) is 2.98. The van der Waals surface area contributed by atoms with Crippen LogP contribution in [-0.2, 0) is 11.2 Å². The summed E-state index contributed by atoms with van der Waals surface area (Å²) in [5, 5.41) is 3.37. The van der Waals surface area contributed by atoms with Crippen LogP contribution in [0.3, 0.4) is 0 Å². The van der Waals surface area contributed by atoms with Gasteiger partial charge in [0.05, 0.1) is 6.42 Å². The largest absolute Gasteiger partial charge is 0.454 e. The maximum atomic E-state index is 12.5. The molecule has 1 aromatic rings. The van der Waals surface area contributed by atoms with Gasteiger partial charge in [0.25, 0.3) is 0 Å². The van der Waals surface area contributed by atoms with Crippen molar-refractivity contribution in [1.82, 2.24) is 5.32 Å². The van der Waals surface area contributed by atoms with Crippen LogP contribution in [0.1, 0.15) is 37.7 Å². The number of carbonyl (C=O) groups is 1. The van der Waals surface area contributed by atoms with Gasteiger partial charge in [0.15, 0.2) is 11.5 Å². The third kappa shape index (κ3) is 2.39.